The maximum Gasteiger partial charge on any atom is 0.408 e. The molecule has 2 atom stereocenters. The van der Waals surface area contributed by atoms with Crippen LogP contribution in [0.2, 0.25) is 0 Å². The van der Waals surface area contributed by atoms with E-state index in [-0.39, 0.29) is 39.0 Å². The maximum absolute atomic E-state index is 14.2. The summed E-state index contributed by atoms with van der Waals surface area (Å²) in [6, 6.07) is 4.80. The van der Waals surface area contributed by atoms with Gasteiger partial charge in [-0.2, -0.15) is 0 Å². The van der Waals surface area contributed by atoms with Gasteiger partial charge in [0.2, 0.25) is 17.7 Å². The predicted molar refractivity (Wildman–Crippen MR) is 166 cm³/mol. The van der Waals surface area contributed by atoms with Crippen LogP contribution in [0, 0.1) is 0 Å². The number of nitrogens with two attached hydrogens (primary N) is 1. The van der Waals surface area contributed by atoms with Crippen LogP contribution in [0.5, 0.6) is 0 Å². The number of hydrogen-bond acceptors (Lipinski definition) is 7. The third kappa shape index (κ3) is 14.7. The van der Waals surface area contributed by atoms with Crippen molar-refractivity contribution in [2.75, 3.05) is 19.7 Å². The van der Waals surface area contributed by atoms with Crippen molar-refractivity contribution >= 4 is 35.9 Å². The molecule has 11 nitrogen and oxygen atoms in total. The van der Waals surface area contributed by atoms with Crippen molar-refractivity contribution in [3.8, 4) is 0 Å². The van der Waals surface area contributed by atoms with Crippen molar-refractivity contribution in [3.63, 3.8) is 0 Å². The van der Waals surface area contributed by atoms with E-state index in [1.807, 2.05) is 6.07 Å². The second kappa shape index (κ2) is 19.3. The summed E-state index contributed by atoms with van der Waals surface area (Å²) in [5.74, 6) is -2.15. The lowest BCUT2D eigenvalue weighted by molar-refractivity contribution is -0.144. The Hall–Kier alpha value is -3.89. The lowest BCUT2D eigenvalue weighted by Gasteiger charge is -2.34. The Morgan fingerprint density at radius 2 is 1.74 bits per heavy atom. The van der Waals surface area contributed by atoms with Crippen LogP contribution in [-0.2, 0) is 28.7 Å². The van der Waals surface area contributed by atoms with Gasteiger partial charge in [0, 0.05) is 19.5 Å². The number of ether oxygens (including phenoxy) is 2. The number of nitrogens with one attached hydrogen (secondary N) is 2. The van der Waals surface area contributed by atoms with Gasteiger partial charge in [-0.05, 0) is 57.7 Å². The van der Waals surface area contributed by atoms with Gasteiger partial charge >= 0.3 is 12.1 Å². The van der Waals surface area contributed by atoms with Gasteiger partial charge < -0.3 is 30.7 Å². The van der Waals surface area contributed by atoms with Gasteiger partial charge in [-0.25, -0.2) is 4.79 Å². The van der Waals surface area contributed by atoms with E-state index < -0.39 is 47.5 Å². The van der Waals surface area contributed by atoms with Crippen LogP contribution < -0.4 is 16.4 Å². The number of carbonyl (C=O) groups excluding carboxylic acids is 5. The molecule has 1 rings (SSSR count). The van der Waals surface area contributed by atoms with Gasteiger partial charge in [-0.1, -0.05) is 63.5 Å². The number of esters is 1. The average Bonchev–Trinajstić information content (AvgIpc) is 2.93. The summed E-state index contributed by atoms with van der Waals surface area (Å²) in [6.07, 6.45) is 4.99. The Morgan fingerprint density at radius 3 is 2.35 bits per heavy atom. The van der Waals surface area contributed by atoms with E-state index in [0.717, 1.165) is 31.2 Å². The molecule has 0 aliphatic carbocycles. The molecule has 0 fully saturated rings. The zero-order valence-electron chi connectivity index (χ0n) is 26.4. The van der Waals surface area contributed by atoms with E-state index in [1.165, 1.54) is 4.90 Å². The van der Waals surface area contributed by atoms with Crippen molar-refractivity contribution in [1.82, 2.24) is 15.5 Å². The van der Waals surface area contributed by atoms with Crippen LogP contribution in [-0.4, -0.2) is 66.0 Å². The highest BCUT2D eigenvalue weighted by Crippen LogP contribution is 2.26. The number of unbranched alkanes of at least 4 members (excludes halogenated alkanes) is 4. The van der Waals surface area contributed by atoms with Crippen LogP contribution in [0.3, 0.4) is 0 Å². The molecule has 0 aliphatic rings. The van der Waals surface area contributed by atoms with Crippen molar-refractivity contribution < 1.29 is 33.4 Å². The number of alkyl carbamates (subject to hydrolysis) is 1. The van der Waals surface area contributed by atoms with Gasteiger partial charge in [0.1, 0.15) is 17.7 Å². The number of amides is 4. The van der Waals surface area contributed by atoms with Gasteiger partial charge in [0.25, 0.3) is 0 Å². The number of carbonyl (C=O) groups is 5. The van der Waals surface area contributed by atoms with Gasteiger partial charge in [-0.3, -0.25) is 19.2 Å². The molecule has 43 heavy (non-hydrogen) atoms. The fourth-order valence-electron chi connectivity index (χ4n) is 4.39. The van der Waals surface area contributed by atoms with Crippen LogP contribution in [0.4, 0.5) is 4.79 Å². The molecule has 0 saturated carbocycles. The third-order valence-corrected chi connectivity index (χ3v) is 6.41. The highest BCUT2D eigenvalue weighted by atomic mass is 16.6. The summed E-state index contributed by atoms with van der Waals surface area (Å²) < 4.78 is 10.3. The Bertz CT molecular complexity index is 1080. The second-order valence-corrected chi connectivity index (χ2v) is 11.3. The monoisotopic (exact) mass is 602 g/mol. The van der Waals surface area contributed by atoms with E-state index >= 15 is 0 Å². The summed E-state index contributed by atoms with van der Waals surface area (Å²) in [5.41, 5.74) is 5.83. The molecule has 4 amide bonds. The summed E-state index contributed by atoms with van der Waals surface area (Å²) in [6.45, 7) is 13.1. The molecule has 0 aliphatic heterocycles. The topological polar surface area (TPSA) is 157 Å². The molecule has 0 spiro atoms. The summed E-state index contributed by atoms with van der Waals surface area (Å²) in [4.78, 5) is 65.8. The molecule has 0 bridgehead atoms. The minimum Gasteiger partial charge on any atom is -0.466 e. The van der Waals surface area contributed by atoms with E-state index in [0.29, 0.717) is 12.0 Å². The third-order valence-electron chi connectivity index (χ3n) is 6.41. The zero-order valence-corrected chi connectivity index (χ0v) is 26.4. The second-order valence-electron chi connectivity index (χ2n) is 11.3. The molecule has 2 unspecified atom stereocenters. The Kier molecular flexibility index (Phi) is 16.7. The van der Waals surface area contributed by atoms with Gasteiger partial charge in [0.05, 0.1) is 13.0 Å². The van der Waals surface area contributed by atoms with Crippen LogP contribution in [0.15, 0.2) is 30.8 Å². The molecule has 240 valence electrons. The highest BCUT2D eigenvalue weighted by molar-refractivity contribution is 5.92. The predicted octanol–water partition coefficient (Wildman–Crippen LogP) is 4.40. The normalized spacial score (nSPS) is 12.4. The number of rotatable bonds is 19. The first-order valence-electron chi connectivity index (χ1n) is 15.1. The van der Waals surface area contributed by atoms with E-state index in [2.05, 4.69) is 24.1 Å². The number of hydrogen-bond donors (Lipinski definition) is 3. The smallest absolute Gasteiger partial charge is 0.408 e. The first-order chi connectivity index (χ1) is 20.3. The first-order valence-corrected chi connectivity index (χ1v) is 15.1. The number of primary amides is 1. The van der Waals surface area contributed by atoms with Crippen LogP contribution in [0.25, 0.3) is 6.08 Å². The molecule has 1 aromatic rings. The SMILES string of the molecule is C=Cc1cccc(C(C(=O)NCCC(=O)OCC)N(CCCCCCC)C(=O)C(CCC(N)=O)NC(=O)OC(C)(C)C)c1. The molecule has 0 saturated heterocycles. The molecule has 0 radical (unpaired) electrons. The largest absolute Gasteiger partial charge is 0.466 e. The maximum atomic E-state index is 14.2. The van der Waals surface area contributed by atoms with Crippen LogP contribution >= 0.6 is 0 Å². The molecule has 0 aromatic heterocycles. The molecule has 11 heteroatoms. The fraction of sp³-hybridized carbons (Fsp3) is 0.594. The van der Waals surface area contributed by atoms with E-state index in [1.54, 1.807) is 52.0 Å². The van der Waals surface area contributed by atoms with Gasteiger partial charge in [0.15, 0.2) is 0 Å². The molecule has 0 heterocycles. The molecule has 1 aromatic carbocycles. The molecule has 4 N–H and O–H groups in total. The van der Waals surface area contributed by atoms with Crippen LogP contribution in [0.1, 0.15) is 103 Å². The Morgan fingerprint density at radius 1 is 1.05 bits per heavy atom. The van der Waals surface area contributed by atoms with Gasteiger partial charge in [-0.15, -0.1) is 0 Å². The first kappa shape index (κ1) is 37.1. The van der Waals surface area contributed by atoms with Crippen molar-refractivity contribution in [1.29, 1.82) is 0 Å². The minimum absolute atomic E-state index is 0.00904. The fourth-order valence-corrected chi connectivity index (χ4v) is 4.39. The summed E-state index contributed by atoms with van der Waals surface area (Å²) in [5, 5.41) is 5.36. The molecular weight excluding hydrogens is 552 g/mol. The molecular formula is C32H50N4O7. The van der Waals surface area contributed by atoms with Crippen molar-refractivity contribution in [2.45, 2.75) is 104 Å². The summed E-state index contributed by atoms with van der Waals surface area (Å²) >= 11 is 0. The quantitative estimate of drug-likeness (QED) is 0.156. The highest BCUT2D eigenvalue weighted by Gasteiger charge is 2.36. The Balaban J connectivity index is 3.52. The van der Waals surface area contributed by atoms with E-state index in [4.69, 9.17) is 15.2 Å². The zero-order chi connectivity index (χ0) is 32.4. The average molecular weight is 603 g/mol. The number of benzene rings is 1. The van der Waals surface area contributed by atoms with E-state index in [9.17, 15) is 24.0 Å². The standard InChI is InChI=1S/C32H50N4O7/c1-7-10-11-12-13-21-36(30(40)25(17-18-26(33)37)35-31(41)43-32(4,5)6)28(24-16-14-15-23(8-2)22-24)29(39)34-20-19-27(38)42-9-3/h8,14-16,22,25,28H,2,7,9-13,17-21H2,1,3-6H3,(H2,33,37)(H,34,39)(H,35,41). The summed E-state index contributed by atoms with van der Waals surface area (Å²) in [7, 11) is 0. The minimum atomic E-state index is -1.18. The number of nitrogens with zero attached hydrogens (tertiary/aromatic N) is 1. The Labute approximate surface area is 255 Å². The lowest BCUT2D eigenvalue weighted by Crippen LogP contribution is -2.53. The van der Waals surface area contributed by atoms with Crippen molar-refractivity contribution in [3.05, 3.63) is 42.0 Å². The van der Waals surface area contributed by atoms with Crippen molar-refractivity contribution in [2.24, 2.45) is 5.73 Å². The lowest BCUT2D eigenvalue weighted by atomic mass is 9.99.